The van der Waals surface area contributed by atoms with Crippen molar-refractivity contribution in [3.63, 3.8) is 0 Å². The average Bonchev–Trinajstić information content (AvgIpc) is 2.14. The van der Waals surface area contributed by atoms with Crippen molar-refractivity contribution in [1.82, 2.24) is 0 Å². The van der Waals surface area contributed by atoms with Gasteiger partial charge >= 0.3 is 0 Å². The number of allylic oxidation sites excluding steroid dienone is 1. The van der Waals surface area contributed by atoms with Gasteiger partial charge in [-0.1, -0.05) is 37.8 Å². The van der Waals surface area contributed by atoms with Crippen LogP contribution in [0, 0.1) is 0 Å². The van der Waals surface area contributed by atoms with Crippen LogP contribution in [0.5, 0.6) is 0 Å². The van der Waals surface area contributed by atoms with Gasteiger partial charge in [0.25, 0.3) is 0 Å². The van der Waals surface area contributed by atoms with Crippen molar-refractivity contribution in [2.24, 2.45) is 0 Å². The summed E-state index contributed by atoms with van der Waals surface area (Å²) in [5.41, 5.74) is 0. The molecule has 0 aromatic rings. The molecule has 70 valence electrons. The van der Waals surface area contributed by atoms with Crippen LogP contribution in [0.1, 0.15) is 44.9 Å². The summed E-state index contributed by atoms with van der Waals surface area (Å²) in [7, 11) is 0. The maximum absolute atomic E-state index is 8.52. The van der Waals surface area contributed by atoms with Crippen molar-refractivity contribution in [1.29, 1.82) is 0 Å². The predicted octanol–water partition coefficient (Wildman–Crippen LogP) is 3.15. The summed E-state index contributed by atoms with van der Waals surface area (Å²) in [5.74, 6) is 0. The second-order valence-corrected chi connectivity index (χ2v) is 3.42. The van der Waals surface area contributed by atoms with E-state index in [1.54, 1.807) is 0 Å². The molecule has 0 bridgehead atoms. The normalized spacial score (nSPS) is 29.6. The molecule has 0 heterocycles. The zero-order chi connectivity index (χ0) is 8.65. The van der Waals surface area contributed by atoms with Crippen molar-refractivity contribution >= 4 is 0 Å². The van der Waals surface area contributed by atoms with E-state index in [1.807, 2.05) is 6.08 Å². The Morgan fingerprint density at radius 1 is 1.08 bits per heavy atom. The van der Waals surface area contributed by atoms with E-state index < -0.39 is 0 Å². The predicted molar refractivity (Wildman–Crippen MR) is 49.0 cm³/mol. The van der Waals surface area contributed by atoms with Crippen molar-refractivity contribution in [2.45, 2.75) is 51.0 Å². The molecule has 1 aliphatic rings. The molecule has 0 aliphatic heterocycles. The molecule has 0 amide bonds. The summed E-state index contributed by atoms with van der Waals surface area (Å²) < 4.78 is 0. The Balaban J connectivity index is 2.31. The Morgan fingerprint density at radius 2 is 1.83 bits per heavy atom. The lowest BCUT2D eigenvalue weighted by Crippen LogP contribution is -2.07. The highest BCUT2D eigenvalue weighted by atomic mass is 17.1. The van der Waals surface area contributed by atoms with Gasteiger partial charge in [-0.2, -0.15) is 0 Å². The second-order valence-electron chi connectivity index (χ2n) is 3.42. The van der Waals surface area contributed by atoms with Gasteiger partial charge in [-0.3, -0.25) is 5.26 Å². The third-order valence-corrected chi connectivity index (χ3v) is 2.35. The van der Waals surface area contributed by atoms with Crippen molar-refractivity contribution in [3.05, 3.63) is 12.2 Å². The Hall–Kier alpha value is -0.340. The highest BCUT2D eigenvalue weighted by Gasteiger charge is 2.04. The van der Waals surface area contributed by atoms with Crippen LogP contribution < -0.4 is 0 Å². The average molecular weight is 170 g/mol. The maximum Gasteiger partial charge on any atom is 0.111 e. The Bertz CT molecular complexity index is 132. The molecule has 2 heteroatoms. The van der Waals surface area contributed by atoms with Crippen molar-refractivity contribution in [2.75, 3.05) is 0 Å². The molecule has 0 fully saturated rings. The summed E-state index contributed by atoms with van der Waals surface area (Å²) in [6.45, 7) is 0. The Kier molecular flexibility index (Phi) is 5.04. The van der Waals surface area contributed by atoms with Crippen LogP contribution in [0.2, 0.25) is 0 Å². The van der Waals surface area contributed by atoms with E-state index in [1.165, 1.54) is 25.7 Å². The molecule has 12 heavy (non-hydrogen) atoms. The van der Waals surface area contributed by atoms with Gasteiger partial charge in [0.1, 0.15) is 6.10 Å². The van der Waals surface area contributed by atoms with E-state index in [4.69, 9.17) is 5.26 Å². The Labute approximate surface area is 74.2 Å². The lowest BCUT2D eigenvalue weighted by molar-refractivity contribution is -0.267. The number of rotatable bonds is 1. The molecule has 2 nitrogen and oxygen atoms in total. The van der Waals surface area contributed by atoms with Gasteiger partial charge < -0.3 is 0 Å². The molecular formula is C10H18O2. The van der Waals surface area contributed by atoms with Crippen LogP contribution in [0.4, 0.5) is 0 Å². The fraction of sp³-hybridized carbons (Fsp3) is 0.800. The first-order valence-electron chi connectivity index (χ1n) is 4.90. The highest BCUT2D eigenvalue weighted by molar-refractivity contribution is 4.89. The fourth-order valence-corrected chi connectivity index (χ4v) is 1.57. The number of hydrogen-bond acceptors (Lipinski definition) is 2. The molecule has 1 N–H and O–H groups in total. The molecule has 0 saturated carbocycles. The van der Waals surface area contributed by atoms with Crippen molar-refractivity contribution in [3.8, 4) is 0 Å². The summed E-state index contributed by atoms with van der Waals surface area (Å²) in [6, 6.07) is 0. The highest BCUT2D eigenvalue weighted by Crippen LogP contribution is 2.13. The second kappa shape index (κ2) is 6.21. The molecule has 1 aliphatic carbocycles. The molecular weight excluding hydrogens is 152 g/mol. The van der Waals surface area contributed by atoms with E-state index in [0.717, 1.165) is 19.3 Å². The topological polar surface area (TPSA) is 29.5 Å². The van der Waals surface area contributed by atoms with Gasteiger partial charge in [-0.05, 0) is 19.3 Å². The SMILES string of the molecule is OOC1/C=C/CCCCCCC1. The van der Waals surface area contributed by atoms with Gasteiger partial charge in [0.05, 0.1) is 0 Å². The standard InChI is InChI=1S/C10H18O2/c11-12-10-8-6-4-2-1-3-5-7-9-10/h6,8,10-11H,1-5,7,9H2/b8-6+. The molecule has 1 rings (SSSR count). The smallest absolute Gasteiger partial charge is 0.111 e. The lowest BCUT2D eigenvalue weighted by Gasteiger charge is -2.09. The third kappa shape index (κ3) is 3.88. The summed E-state index contributed by atoms with van der Waals surface area (Å²) in [6.07, 6.45) is 12.5. The van der Waals surface area contributed by atoms with Gasteiger partial charge in [0.15, 0.2) is 0 Å². The van der Waals surface area contributed by atoms with Crippen LogP contribution in [0.25, 0.3) is 0 Å². The van der Waals surface area contributed by atoms with Crippen LogP contribution >= 0.6 is 0 Å². The van der Waals surface area contributed by atoms with Crippen LogP contribution in [0.3, 0.4) is 0 Å². The van der Waals surface area contributed by atoms with Gasteiger partial charge in [0.2, 0.25) is 0 Å². The minimum Gasteiger partial charge on any atom is -0.251 e. The summed E-state index contributed by atoms with van der Waals surface area (Å²) in [5, 5.41) is 8.52. The number of hydrogen-bond donors (Lipinski definition) is 1. The Morgan fingerprint density at radius 3 is 2.67 bits per heavy atom. The van der Waals surface area contributed by atoms with Gasteiger partial charge in [-0.25, -0.2) is 4.89 Å². The van der Waals surface area contributed by atoms with Crippen LogP contribution in [0.15, 0.2) is 12.2 Å². The molecule has 0 aromatic heterocycles. The quantitative estimate of drug-likeness (QED) is 0.372. The molecule has 0 saturated heterocycles. The zero-order valence-electron chi connectivity index (χ0n) is 7.54. The van der Waals surface area contributed by atoms with Gasteiger partial charge in [0, 0.05) is 0 Å². The molecule has 0 aromatic carbocycles. The van der Waals surface area contributed by atoms with E-state index in [-0.39, 0.29) is 6.10 Å². The maximum atomic E-state index is 8.52. The first-order valence-corrected chi connectivity index (χ1v) is 4.90. The monoisotopic (exact) mass is 170 g/mol. The van der Waals surface area contributed by atoms with Crippen molar-refractivity contribution < 1.29 is 10.1 Å². The van der Waals surface area contributed by atoms with E-state index in [0.29, 0.717) is 0 Å². The summed E-state index contributed by atoms with van der Waals surface area (Å²) in [4.78, 5) is 4.34. The first-order chi connectivity index (χ1) is 5.93. The minimum atomic E-state index is -0.0666. The molecule has 0 spiro atoms. The van der Waals surface area contributed by atoms with E-state index >= 15 is 0 Å². The van der Waals surface area contributed by atoms with Gasteiger partial charge in [-0.15, -0.1) is 0 Å². The molecule has 1 unspecified atom stereocenters. The molecule has 1 atom stereocenters. The zero-order valence-corrected chi connectivity index (χ0v) is 7.54. The minimum absolute atomic E-state index is 0.0666. The van der Waals surface area contributed by atoms with E-state index in [9.17, 15) is 0 Å². The first kappa shape index (κ1) is 9.75. The molecule has 0 radical (unpaired) electrons. The van der Waals surface area contributed by atoms with Crippen LogP contribution in [-0.4, -0.2) is 11.4 Å². The van der Waals surface area contributed by atoms with E-state index in [2.05, 4.69) is 11.0 Å². The third-order valence-electron chi connectivity index (χ3n) is 2.35. The lowest BCUT2D eigenvalue weighted by atomic mass is 10.0. The largest absolute Gasteiger partial charge is 0.251 e. The fourth-order valence-electron chi connectivity index (χ4n) is 1.57. The van der Waals surface area contributed by atoms with Crippen LogP contribution in [-0.2, 0) is 4.89 Å². The summed E-state index contributed by atoms with van der Waals surface area (Å²) >= 11 is 0.